The summed E-state index contributed by atoms with van der Waals surface area (Å²) in [6.07, 6.45) is 4.33. The minimum atomic E-state index is -0.734. The standard InChI is InChI=1S/C14H24N2O3/c1-4-19-14(18)13(17)9-12(11(2)3)10-15-16-7-5-6-8-16/h10-12H,4-9H2,1-3H3/b15-10+/t12-/m1/s1. The van der Waals surface area contributed by atoms with E-state index in [0.717, 1.165) is 13.1 Å². The Morgan fingerprint density at radius 1 is 1.32 bits per heavy atom. The molecule has 1 atom stereocenters. The van der Waals surface area contributed by atoms with Crippen LogP contribution in [0.15, 0.2) is 5.10 Å². The van der Waals surface area contributed by atoms with Crippen LogP contribution in [0.3, 0.4) is 0 Å². The number of hydrogen-bond donors (Lipinski definition) is 0. The van der Waals surface area contributed by atoms with Gasteiger partial charge in [0.05, 0.1) is 6.61 Å². The predicted octanol–water partition coefficient (Wildman–Crippen LogP) is 1.86. The van der Waals surface area contributed by atoms with Gasteiger partial charge in [-0.05, 0) is 25.7 Å². The molecule has 1 aliphatic rings. The first-order chi connectivity index (χ1) is 9.04. The lowest BCUT2D eigenvalue weighted by atomic mass is 9.92. The number of hydrogen-bond acceptors (Lipinski definition) is 5. The average Bonchev–Trinajstić information content (AvgIpc) is 2.87. The summed E-state index contributed by atoms with van der Waals surface area (Å²) in [4.78, 5) is 23.0. The Labute approximate surface area is 115 Å². The number of ketones is 1. The highest BCUT2D eigenvalue weighted by molar-refractivity contribution is 6.33. The van der Waals surface area contributed by atoms with Gasteiger partial charge in [-0.3, -0.25) is 9.80 Å². The van der Waals surface area contributed by atoms with Crippen LogP contribution >= 0.6 is 0 Å². The van der Waals surface area contributed by atoms with Gasteiger partial charge < -0.3 is 4.74 Å². The van der Waals surface area contributed by atoms with Crippen LogP contribution < -0.4 is 0 Å². The highest BCUT2D eigenvalue weighted by Crippen LogP contribution is 2.15. The molecule has 1 rings (SSSR count). The molecule has 0 radical (unpaired) electrons. The van der Waals surface area contributed by atoms with Crippen molar-refractivity contribution in [1.29, 1.82) is 0 Å². The summed E-state index contributed by atoms with van der Waals surface area (Å²) in [5, 5.41) is 6.43. The molecule has 0 amide bonds. The topological polar surface area (TPSA) is 59.0 Å². The van der Waals surface area contributed by atoms with Crippen LogP contribution in [0, 0.1) is 11.8 Å². The van der Waals surface area contributed by atoms with Gasteiger partial charge in [0.1, 0.15) is 0 Å². The number of ether oxygens (including phenoxy) is 1. The van der Waals surface area contributed by atoms with E-state index in [4.69, 9.17) is 4.74 Å². The van der Waals surface area contributed by atoms with Crippen molar-refractivity contribution in [2.45, 2.75) is 40.0 Å². The van der Waals surface area contributed by atoms with Crippen molar-refractivity contribution in [3.8, 4) is 0 Å². The summed E-state index contributed by atoms with van der Waals surface area (Å²) in [6.45, 7) is 7.94. The molecule has 0 aromatic rings. The van der Waals surface area contributed by atoms with E-state index in [1.54, 1.807) is 6.92 Å². The first-order valence-electron chi connectivity index (χ1n) is 7.03. The lowest BCUT2D eigenvalue weighted by Gasteiger charge is -2.17. The Morgan fingerprint density at radius 3 is 2.47 bits per heavy atom. The minimum absolute atomic E-state index is 0.0162. The zero-order valence-electron chi connectivity index (χ0n) is 12.1. The highest BCUT2D eigenvalue weighted by Gasteiger charge is 2.22. The number of esters is 1. The third kappa shape index (κ3) is 5.41. The van der Waals surface area contributed by atoms with Gasteiger partial charge >= 0.3 is 5.97 Å². The number of nitrogens with zero attached hydrogens (tertiary/aromatic N) is 2. The van der Waals surface area contributed by atoms with E-state index >= 15 is 0 Å². The Hall–Kier alpha value is -1.39. The molecule has 5 nitrogen and oxygen atoms in total. The van der Waals surface area contributed by atoms with Crippen molar-refractivity contribution in [2.24, 2.45) is 16.9 Å². The number of rotatable bonds is 7. The molecule has 0 aromatic heterocycles. The molecule has 0 unspecified atom stereocenters. The molecule has 0 aromatic carbocycles. The molecule has 1 saturated heterocycles. The average molecular weight is 268 g/mol. The van der Waals surface area contributed by atoms with Gasteiger partial charge in [-0.25, -0.2) is 4.79 Å². The van der Waals surface area contributed by atoms with Gasteiger partial charge in [-0.15, -0.1) is 0 Å². The summed E-state index contributed by atoms with van der Waals surface area (Å²) in [7, 11) is 0. The normalized spacial score (nSPS) is 17.2. The maximum atomic E-state index is 11.7. The number of carbonyl (C=O) groups excluding carboxylic acids is 2. The third-order valence-electron chi connectivity index (χ3n) is 3.28. The van der Waals surface area contributed by atoms with E-state index in [2.05, 4.69) is 5.10 Å². The van der Waals surface area contributed by atoms with Crippen LogP contribution in [0.2, 0.25) is 0 Å². The molecular weight excluding hydrogens is 244 g/mol. The molecule has 0 saturated carbocycles. The van der Waals surface area contributed by atoms with Crippen LogP contribution in [0.5, 0.6) is 0 Å². The molecular formula is C14H24N2O3. The zero-order valence-corrected chi connectivity index (χ0v) is 12.1. The maximum Gasteiger partial charge on any atom is 0.374 e. The quantitative estimate of drug-likeness (QED) is 0.402. The van der Waals surface area contributed by atoms with Crippen molar-refractivity contribution in [3.63, 3.8) is 0 Å². The van der Waals surface area contributed by atoms with Crippen LogP contribution in [0.25, 0.3) is 0 Å². The monoisotopic (exact) mass is 268 g/mol. The van der Waals surface area contributed by atoms with Gasteiger partial charge in [-0.1, -0.05) is 13.8 Å². The molecule has 1 fully saturated rings. The van der Waals surface area contributed by atoms with Crippen LogP contribution in [-0.2, 0) is 14.3 Å². The van der Waals surface area contributed by atoms with E-state index in [1.165, 1.54) is 12.8 Å². The molecule has 0 N–H and O–H groups in total. The molecule has 108 valence electrons. The second-order valence-corrected chi connectivity index (χ2v) is 5.18. The second-order valence-electron chi connectivity index (χ2n) is 5.18. The van der Waals surface area contributed by atoms with Crippen LogP contribution in [0.1, 0.15) is 40.0 Å². The second kappa shape index (κ2) is 7.92. The SMILES string of the molecule is CCOC(=O)C(=O)C[C@H](/C=N/N1CCCC1)C(C)C. The summed E-state index contributed by atoms with van der Waals surface area (Å²) >= 11 is 0. The third-order valence-corrected chi connectivity index (χ3v) is 3.28. The predicted molar refractivity (Wildman–Crippen MR) is 73.9 cm³/mol. The molecule has 0 bridgehead atoms. The van der Waals surface area contributed by atoms with E-state index in [9.17, 15) is 9.59 Å². The van der Waals surface area contributed by atoms with Crippen molar-refractivity contribution < 1.29 is 14.3 Å². The van der Waals surface area contributed by atoms with Gasteiger partial charge in [0.15, 0.2) is 0 Å². The maximum absolute atomic E-state index is 11.7. The smallest absolute Gasteiger partial charge is 0.374 e. The zero-order chi connectivity index (χ0) is 14.3. The van der Waals surface area contributed by atoms with Gasteiger partial charge in [0.2, 0.25) is 5.78 Å². The fourth-order valence-corrected chi connectivity index (χ4v) is 1.97. The van der Waals surface area contributed by atoms with E-state index < -0.39 is 11.8 Å². The van der Waals surface area contributed by atoms with Crippen LogP contribution in [0.4, 0.5) is 0 Å². The fraction of sp³-hybridized carbons (Fsp3) is 0.786. The summed E-state index contributed by atoms with van der Waals surface area (Å²) in [5.74, 6) is -0.946. The minimum Gasteiger partial charge on any atom is -0.460 e. The summed E-state index contributed by atoms with van der Waals surface area (Å²) < 4.78 is 4.72. The molecule has 19 heavy (non-hydrogen) atoms. The molecule has 0 aliphatic carbocycles. The first kappa shape index (κ1) is 15.7. The Bertz CT molecular complexity index is 334. The molecule has 0 spiro atoms. The molecule has 5 heteroatoms. The Balaban J connectivity index is 2.52. The van der Waals surface area contributed by atoms with Crippen molar-refractivity contribution in [2.75, 3.05) is 19.7 Å². The van der Waals surface area contributed by atoms with E-state index in [0.29, 0.717) is 0 Å². The van der Waals surface area contributed by atoms with Gasteiger partial charge in [-0.2, -0.15) is 5.10 Å². The fourth-order valence-electron chi connectivity index (χ4n) is 1.97. The highest BCUT2D eigenvalue weighted by atomic mass is 16.5. The molecule has 1 aliphatic heterocycles. The van der Waals surface area contributed by atoms with E-state index in [-0.39, 0.29) is 24.9 Å². The van der Waals surface area contributed by atoms with Gasteiger partial charge in [0, 0.05) is 31.6 Å². The lowest BCUT2D eigenvalue weighted by molar-refractivity contribution is -0.153. The van der Waals surface area contributed by atoms with Crippen LogP contribution in [-0.4, -0.2) is 42.7 Å². The first-order valence-corrected chi connectivity index (χ1v) is 7.03. The largest absolute Gasteiger partial charge is 0.460 e. The number of hydrazone groups is 1. The Kier molecular flexibility index (Phi) is 6.53. The van der Waals surface area contributed by atoms with Crippen molar-refractivity contribution in [3.05, 3.63) is 0 Å². The lowest BCUT2D eigenvalue weighted by Crippen LogP contribution is -2.24. The molecule has 1 heterocycles. The summed E-state index contributed by atoms with van der Waals surface area (Å²) in [6, 6.07) is 0. The number of carbonyl (C=O) groups is 2. The summed E-state index contributed by atoms with van der Waals surface area (Å²) in [5.41, 5.74) is 0. The number of Topliss-reactive ketones (excluding diaryl/α,β-unsaturated/α-hetero) is 1. The van der Waals surface area contributed by atoms with E-state index in [1.807, 2.05) is 25.1 Å². The van der Waals surface area contributed by atoms with Crippen molar-refractivity contribution in [1.82, 2.24) is 5.01 Å². The van der Waals surface area contributed by atoms with Crippen molar-refractivity contribution >= 4 is 18.0 Å². The van der Waals surface area contributed by atoms with Gasteiger partial charge in [0.25, 0.3) is 0 Å². The Morgan fingerprint density at radius 2 is 1.95 bits per heavy atom.